The van der Waals surface area contributed by atoms with Crippen LogP contribution in [0.4, 0.5) is 10.1 Å². The molecule has 0 aromatic heterocycles. The maximum absolute atomic E-state index is 14.0. The van der Waals surface area contributed by atoms with Gasteiger partial charge in [-0.15, -0.1) is 0 Å². The third-order valence-corrected chi connectivity index (χ3v) is 4.47. The standard InChI is InChI=1S/C15H20FNO2/c1-3-15(4-2)7-8-17(10-15)13-6-5-11(14(18)19)9-12(13)16/h5-6,9H,3-4,7-8,10H2,1-2H3,(H,18,19). The number of hydrogen-bond acceptors (Lipinski definition) is 2. The molecule has 1 aliphatic rings. The Balaban J connectivity index is 2.22. The first-order valence-electron chi connectivity index (χ1n) is 6.79. The van der Waals surface area contributed by atoms with E-state index in [-0.39, 0.29) is 11.0 Å². The number of benzene rings is 1. The van der Waals surface area contributed by atoms with Gasteiger partial charge in [-0.25, -0.2) is 9.18 Å². The summed E-state index contributed by atoms with van der Waals surface area (Å²) >= 11 is 0. The van der Waals surface area contributed by atoms with Crippen molar-refractivity contribution in [2.75, 3.05) is 18.0 Å². The Hall–Kier alpha value is -1.58. The minimum absolute atomic E-state index is 0.00214. The average molecular weight is 265 g/mol. The topological polar surface area (TPSA) is 40.5 Å². The van der Waals surface area contributed by atoms with Crippen molar-refractivity contribution in [3.05, 3.63) is 29.6 Å². The maximum atomic E-state index is 14.0. The van der Waals surface area contributed by atoms with Crippen molar-refractivity contribution in [2.24, 2.45) is 5.41 Å². The fourth-order valence-corrected chi connectivity index (χ4v) is 2.86. The number of halogens is 1. The molecule has 1 N–H and O–H groups in total. The molecule has 0 spiro atoms. The largest absolute Gasteiger partial charge is 0.478 e. The van der Waals surface area contributed by atoms with Gasteiger partial charge in [0.2, 0.25) is 0 Å². The average Bonchev–Trinajstić information content (AvgIpc) is 2.83. The van der Waals surface area contributed by atoms with E-state index < -0.39 is 11.8 Å². The highest BCUT2D eigenvalue weighted by atomic mass is 19.1. The van der Waals surface area contributed by atoms with E-state index in [4.69, 9.17) is 5.11 Å². The first-order valence-corrected chi connectivity index (χ1v) is 6.79. The second kappa shape index (κ2) is 5.19. The van der Waals surface area contributed by atoms with Crippen LogP contribution in [0.25, 0.3) is 0 Å². The number of anilines is 1. The van der Waals surface area contributed by atoms with Crippen LogP contribution in [-0.2, 0) is 0 Å². The van der Waals surface area contributed by atoms with E-state index >= 15 is 0 Å². The van der Waals surface area contributed by atoms with Crippen molar-refractivity contribution in [1.82, 2.24) is 0 Å². The lowest BCUT2D eigenvalue weighted by Gasteiger charge is -2.27. The van der Waals surface area contributed by atoms with Crippen molar-refractivity contribution < 1.29 is 14.3 Å². The minimum atomic E-state index is -1.09. The number of carbonyl (C=O) groups is 1. The van der Waals surface area contributed by atoms with Gasteiger partial charge < -0.3 is 10.0 Å². The Morgan fingerprint density at radius 2 is 2.11 bits per heavy atom. The highest BCUT2D eigenvalue weighted by Gasteiger charge is 2.35. The first-order chi connectivity index (χ1) is 9.01. The van der Waals surface area contributed by atoms with Crippen LogP contribution in [-0.4, -0.2) is 24.2 Å². The van der Waals surface area contributed by atoms with Crippen molar-refractivity contribution >= 4 is 11.7 Å². The van der Waals surface area contributed by atoms with E-state index in [2.05, 4.69) is 13.8 Å². The molecule has 4 heteroatoms. The molecule has 3 nitrogen and oxygen atoms in total. The lowest BCUT2D eigenvalue weighted by atomic mass is 9.82. The summed E-state index contributed by atoms with van der Waals surface area (Å²) in [7, 11) is 0. The Morgan fingerprint density at radius 1 is 1.42 bits per heavy atom. The minimum Gasteiger partial charge on any atom is -0.478 e. The molecule has 0 atom stereocenters. The van der Waals surface area contributed by atoms with Crippen LogP contribution in [0.1, 0.15) is 43.5 Å². The summed E-state index contributed by atoms with van der Waals surface area (Å²) in [6.45, 7) is 6.04. The fraction of sp³-hybridized carbons (Fsp3) is 0.533. The Labute approximate surface area is 113 Å². The van der Waals surface area contributed by atoms with Crippen LogP contribution in [0.2, 0.25) is 0 Å². The van der Waals surface area contributed by atoms with Gasteiger partial charge in [-0.2, -0.15) is 0 Å². The zero-order valence-corrected chi connectivity index (χ0v) is 11.4. The first kappa shape index (κ1) is 13.8. The summed E-state index contributed by atoms with van der Waals surface area (Å²) in [5, 5.41) is 8.84. The molecule has 104 valence electrons. The summed E-state index contributed by atoms with van der Waals surface area (Å²) in [4.78, 5) is 12.8. The molecule has 1 aliphatic heterocycles. The molecular formula is C15H20FNO2. The van der Waals surface area contributed by atoms with Crippen molar-refractivity contribution in [1.29, 1.82) is 0 Å². The van der Waals surface area contributed by atoms with Crippen molar-refractivity contribution in [3.8, 4) is 0 Å². The third kappa shape index (κ3) is 2.57. The number of aromatic carboxylic acids is 1. The molecule has 1 heterocycles. The van der Waals surface area contributed by atoms with Crippen LogP contribution < -0.4 is 4.90 Å². The molecule has 1 fully saturated rings. The molecule has 0 bridgehead atoms. The molecular weight excluding hydrogens is 245 g/mol. The van der Waals surface area contributed by atoms with E-state index in [1.165, 1.54) is 6.07 Å². The molecule has 2 rings (SSSR count). The Morgan fingerprint density at radius 3 is 2.58 bits per heavy atom. The summed E-state index contributed by atoms with van der Waals surface area (Å²) in [5.74, 6) is -1.54. The number of hydrogen-bond donors (Lipinski definition) is 1. The lowest BCUT2D eigenvalue weighted by molar-refractivity contribution is 0.0696. The Bertz CT molecular complexity index is 483. The zero-order chi connectivity index (χ0) is 14.0. The summed E-state index contributed by atoms with van der Waals surface area (Å²) in [6.07, 6.45) is 3.25. The molecule has 1 saturated heterocycles. The van der Waals surface area contributed by atoms with Crippen molar-refractivity contribution in [2.45, 2.75) is 33.1 Å². The van der Waals surface area contributed by atoms with Gasteiger partial charge in [0.25, 0.3) is 0 Å². The van der Waals surface area contributed by atoms with Gasteiger partial charge in [0, 0.05) is 13.1 Å². The second-order valence-corrected chi connectivity index (χ2v) is 5.35. The molecule has 0 saturated carbocycles. The summed E-state index contributed by atoms with van der Waals surface area (Å²) in [6, 6.07) is 4.16. The van der Waals surface area contributed by atoms with Crippen LogP contribution in [0.15, 0.2) is 18.2 Å². The van der Waals surface area contributed by atoms with Gasteiger partial charge in [-0.05, 0) is 42.9 Å². The second-order valence-electron chi connectivity index (χ2n) is 5.35. The van der Waals surface area contributed by atoms with E-state index in [0.717, 1.165) is 38.4 Å². The highest BCUT2D eigenvalue weighted by Crippen LogP contribution is 2.39. The van der Waals surface area contributed by atoms with Crippen LogP contribution >= 0.6 is 0 Å². The number of carboxylic acids is 1. The van der Waals surface area contributed by atoms with Gasteiger partial charge in [0.05, 0.1) is 11.3 Å². The molecule has 19 heavy (non-hydrogen) atoms. The van der Waals surface area contributed by atoms with E-state index in [9.17, 15) is 9.18 Å². The molecule has 0 unspecified atom stereocenters. The molecule has 1 aromatic rings. The zero-order valence-electron chi connectivity index (χ0n) is 11.4. The van der Waals surface area contributed by atoms with Gasteiger partial charge in [-0.1, -0.05) is 13.8 Å². The van der Waals surface area contributed by atoms with E-state index in [1.54, 1.807) is 6.07 Å². The number of carboxylic acid groups (broad SMARTS) is 1. The normalized spacial score (nSPS) is 17.7. The molecule has 0 aliphatic carbocycles. The van der Waals surface area contributed by atoms with E-state index in [1.807, 2.05) is 4.90 Å². The SMILES string of the molecule is CCC1(CC)CCN(c2ccc(C(=O)O)cc2F)C1. The van der Waals surface area contributed by atoms with Crippen LogP contribution in [0.5, 0.6) is 0 Å². The monoisotopic (exact) mass is 265 g/mol. The molecule has 0 amide bonds. The lowest BCUT2D eigenvalue weighted by Crippen LogP contribution is -2.26. The van der Waals surface area contributed by atoms with E-state index in [0.29, 0.717) is 5.69 Å². The maximum Gasteiger partial charge on any atom is 0.335 e. The van der Waals surface area contributed by atoms with Gasteiger partial charge in [0.15, 0.2) is 0 Å². The highest BCUT2D eigenvalue weighted by molar-refractivity contribution is 5.88. The molecule has 1 aromatic carbocycles. The van der Waals surface area contributed by atoms with Crippen molar-refractivity contribution in [3.63, 3.8) is 0 Å². The van der Waals surface area contributed by atoms with Crippen LogP contribution in [0, 0.1) is 11.2 Å². The smallest absolute Gasteiger partial charge is 0.335 e. The van der Waals surface area contributed by atoms with Gasteiger partial charge in [0.1, 0.15) is 5.82 Å². The fourth-order valence-electron chi connectivity index (χ4n) is 2.86. The quantitative estimate of drug-likeness (QED) is 0.905. The summed E-state index contributed by atoms with van der Waals surface area (Å²) in [5.41, 5.74) is 0.796. The number of nitrogens with zero attached hydrogens (tertiary/aromatic N) is 1. The predicted molar refractivity (Wildman–Crippen MR) is 73.2 cm³/mol. The third-order valence-electron chi connectivity index (χ3n) is 4.47. The predicted octanol–water partition coefficient (Wildman–Crippen LogP) is 3.54. The number of rotatable bonds is 4. The van der Waals surface area contributed by atoms with Gasteiger partial charge in [-0.3, -0.25) is 0 Å². The summed E-state index contributed by atoms with van der Waals surface area (Å²) < 4.78 is 14.0. The van der Waals surface area contributed by atoms with Gasteiger partial charge >= 0.3 is 5.97 Å². The Kier molecular flexibility index (Phi) is 3.78. The van der Waals surface area contributed by atoms with Crippen LogP contribution in [0.3, 0.4) is 0 Å². The molecule has 0 radical (unpaired) electrons.